The van der Waals surface area contributed by atoms with Crippen molar-refractivity contribution in [3.63, 3.8) is 0 Å². The Morgan fingerprint density at radius 1 is 0.875 bits per heavy atom. The van der Waals surface area contributed by atoms with E-state index in [1.807, 2.05) is 55.5 Å². The van der Waals surface area contributed by atoms with E-state index in [1.165, 1.54) is 4.68 Å². The van der Waals surface area contributed by atoms with Crippen LogP contribution in [0.25, 0.3) is 11.1 Å². The summed E-state index contributed by atoms with van der Waals surface area (Å²) in [6.07, 6.45) is 1.51. The molecule has 0 saturated heterocycles. The molecule has 0 radical (unpaired) electrons. The number of amides is 1. The number of hydroxylamine groups is 1. The van der Waals surface area contributed by atoms with Crippen LogP contribution in [-0.2, 0) is 16.1 Å². The predicted octanol–water partition coefficient (Wildman–Crippen LogP) is 6.37. The van der Waals surface area contributed by atoms with E-state index in [-0.39, 0.29) is 48.1 Å². The number of anilines is 2. The van der Waals surface area contributed by atoms with Crippen LogP contribution in [0.3, 0.4) is 0 Å². The number of carbonyl (C=O) groups is 3. The molecule has 0 aliphatic heterocycles. The quantitative estimate of drug-likeness (QED) is 0.0479. The van der Waals surface area contributed by atoms with Crippen LogP contribution in [-0.4, -0.2) is 53.0 Å². The van der Waals surface area contributed by atoms with Crippen LogP contribution in [0.1, 0.15) is 69.2 Å². The minimum absolute atomic E-state index is 0.0108. The second-order valence-electron chi connectivity index (χ2n) is 10.8. The van der Waals surface area contributed by atoms with Gasteiger partial charge in [-0.05, 0) is 54.8 Å². The second-order valence-corrected chi connectivity index (χ2v) is 10.8. The number of ether oxygens (including phenoxy) is 2. The number of methoxy groups -OCH3 is 1. The molecule has 0 aliphatic rings. The molecule has 0 fully saturated rings. The maximum absolute atomic E-state index is 14.3. The Hall–Kier alpha value is -5.81. The molecule has 0 spiro atoms. The number of hydrogen-bond donors (Lipinski definition) is 1. The summed E-state index contributed by atoms with van der Waals surface area (Å²) < 4.78 is 11.9. The summed E-state index contributed by atoms with van der Waals surface area (Å²) in [6.45, 7) is 4.12. The van der Waals surface area contributed by atoms with Crippen LogP contribution in [0.4, 0.5) is 11.4 Å². The molecule has 1 amide bonds. The molecule has 11 heteroatoms. The van der Waals surface area contributed by atoms with Gasteiger partial charge in [0.15, 0.2) is 11.4 Å². The number of nitrogens with two attached hydrogens (primary N) is 1. The molecule has 0 unspecified atom stereocenters. The molecule has 11 nitrogen and oxygen atoms in total. The van der Waals surface area contributed by atoms with Crippen molar-refractivity contribution in [1.29, 1.82) is 0 Å². The van der Waals surface area contributed by atoms with Crippen molar-refractivity contribution in [2.75, 3.05) is 31.1 Å². The van der Waals surface area contributed by atoms with Crippen LogP contribution < -0.4 is 15.5 Å². The fraction of sp³-hybridized carbons (Fsp3) is 0.216. The van der Waals surface area contributed by atoms with Gasteiger partial charge in [-0.25, -0.2) is 9.48 Å². The first-order valence-corrected chi connectivity index (χ1v) is 15.7. The molecule has 4 aromatic carbocycles. The van der Waals surface area contributed by atoms with Crippen LogP contribution in [0.2, 0.25) is 0 Å². The number of unbranched alkanes of at least 4 members (excludes halogenated alkanes) is 1. The maximum Gasteiger partial charge on any atom is 0.359 e. The van der Waals surface area contributed by atoms with Gasteiger partial charge in [-0.15, -0.1) is 5.10 Å². The van der Waals surface area contributed by atoms with Gasteiger partial charge in [0.2, 0.25) is 5.78 Å². The smallest absolute Gasteiger partial charge is 0.359 e. The van der Waals surface area contributed by atoms with Crippen LogP contribution in [0.15, 0.2) is 97.1 Å². The SMILES string of the molecule is CCCCON(C(=O)c1ccccc1)c1c(-c2ccccc2)ccc(C(=O)c2nnn(Cc3ccc(OC)cc3)c2C(=O)OCC)c1N. The van der Waals surface area contributed by atoms with Gasteiger partial charge in [-0.1, -0.05) is 85.3 Å². The molecule has 0 bridgehead atoms. The first kappa shape index (κ1) is 33.6. The minimum atomic E-state index is -0.761. The Morgan fingerprint density at radius 2 is 1.56 bits per heavy atom. The van der Waals surface area contributed by atoms with E-state index in [4.69, 9.17) is 20.0 Å². The van der Waals surface area contributed by atoms with E-state index in [0.717, 1.165) is 22.6 Å². The van der Waals surface area contributed by atoms with Crippen molar-refractivity contribution < 1.29 is 28.7 Å². The fourth-order valence-corrected chi connectivity index (χ4v) is 5.11. The van der Waals surface area contributed by atoms with Gasteiger partial charge < -0.3 is 15.2 Å². The van der Waals surface area contributed by atoms with E-state index in [9.17, 15) is 14.4 Å². The third kappa shape index (κ3) is 7.26. The minimum Gasteiger partial charge on any atom is -0.497 e. The zero-order valence-electron chi connectivity index (χ0n) is 27.1. The molecule has 5 rings (SSSR count). The van der Waals surface area contributed by atoms with Gasteiger partial charge in [-0.2, -0.15) is 5.06 Å². The molecule has 5 aromatic rings. The number of nitrogen functional groups attached to an aromatic ring is 1. The Kier molecular flexibility index (Phi) is 10.9. The van der Waals surface area contributed by atoms with Crippen molar-refractivity contribution in [2.24, 2.45) is 0 Å². The van der Waals surface area contributed by atoms with Crippen molar-refractivity contribution in [2.45, 2.75) is 33.2 Å². The molecule has 1 aromatic heterocycles. The van der Waals surface area contributed by atoms with E-state index >= 15 is 0 Å². The lowest BCUT2D eigenvalue weighted by atomic mass is 9.96. The molecular formula is C37H37N5O6. The molecule has 1 heterocycles. The predicted molar refractivity (Wildman–Crippen MR) is 182 cm³/mol. The lowest BCUT2D eigenvalue weighted by Gasteiger charge is -2.27. The standard InChI is InChI=1S/C37H37N5O6/c1-4-6-23-48-42(36(44)27-15-11-8-12-16-27)33-29(26-13-9-7-10-14-26)21-22-30(31(33)38)35(43)32-34(37(45)47-5-2)41(40-39-32)24-25-17-19-28(46-3)20-18-25/h7-22H,4-6,23-24,38H2,1-3H3. The normalized spacial score (nSPS) is 10.8. The average molecular weight is 648 g/mol. The van der Waals surface area contributed by atoms with Gasteiger partial charge >= 0.3 is 5.97 Å². The Morgan fingerprint density at radius 3 is 2.21 bits per heavy atom. The molecule has 48 heavy (non-hydrogen) atoms. The molecule has 2 N–H and O–H groups in total. The number of hydrogen-bond acceptors (Lipinski definition) is 9. The Labute approximate surface area is 278 Å². The Balaban J connectivity index is 1.64. The summed E-state index contributed by atoms with van der Waals surface area (Å²) in [5.41, 5.74) is 9.15. The topological polar surface area (TPSA) is 139 Å². The van der Waals surface area contributed by atoms with Crippen molar-refractivity contribution in [3.05, 3.63) is 125 Å². The first-order valence-electron chi connectivity index (χ1n) is 15.7. The summed E-state index contributed by atoms with van der Waals surface area (Å²) in [7, 11) is 1.57. The van der Waals surface area contributed by atoms with E-state index in [2.05, 4.69) is 10.3 Å². The highest BCUT2D eigenvalue weighted by molar-refractivity contribution is 6.18. The van der Waals surface area contributed by atoms with E-state index in [0.29, 0.717) is 23.3 Å². The van der Waals surface area contributed by atoms with Gasteiger partial charge in [0.25, 0.3) is 5.91 Å². The number of benzene rings is 4. The number of rotatable bonds is 14. The maximum atomic E-state index is 14.3. The highest BCUT2D eigenvalue weighted by Gasteiger charge is 2.32. The van der Waals surface area contributed by atoms with Crippen LogP contribution >= 0.6 is 0 Å². The number of carbonyl (C=O) groups excluding carboxylic acids is 3. The second kappa shape index (κ2) is 15.7. The number of aromatic nitrogens is 3. The third-order valence-corrected chi connectivity index (χ3v) is 7.58. The first-order chi connectivity index (χ1) is 23.4. The lowest BCUT2D eigenvalue weighted by molar-refractivity contribution is 0.0509. The lowest BCUT2D eigenvalue weighted by Crippen LogP contribution is -2.33. The van der Waals surface area contributed by atoms with Crippen molar-refractivity contribution in [3.8, 4) is 16.9 Å². The summed E-state index contributed by atoms with van der Waals surface area (Å²) >= 11 is 0. The summed E-state index contributed by atoms with van der Waals surface area (Å²) in [6, 6.07) is 28.5. The molecular weight excluding hydrogens is 610 g/mol. The Bertz CT molecular complexity index is 1870. The number of ketones is 1. The summed E-state index contributed by atoms with van der Waals surface area (Å²) in [5.74, 6) is -1.22. The monoisotopic (exact) mass is 647 g/mol. The molecule has 0 atom stereocenters. The molecule has 246 valence electrons. The zero-order valence-corrected chi connectivity index (χ0v) is 27.1. The summed E-state index contributed by atoms with van der Waals surface area (Å²) in [5, 5.41) is 9.45. The van der Waals surface area contributed by atoms with Gasteiger partial charge in [-0.3, -0.25) is 14.4 Å². The number of esters is 1. The van der Waals surface area contributed by atoms with Gasteiger partial charge in [0.05, 0.1) is 32.6 Å². The average Bonchev–Trinajstić information content (AvgIpc) is 3.54. The molecule has 0 aliphatic carbocycles. The van der Waals surface area contributed by atoms with Crippen molar-refractivity contribution >= 4 is 29.0 Å². The van der Waals surface area contributed by atoms with Crippen molar-refractivity contribution in [1.82, 2.24) is 15.0 Å². The number of nitrogens with zero attached hydrogens (tertiary/aromatic N) is 4. The highest BCUT2D eigenvalue weighted by atomic mass is 16.7. The van der Waals surface area contributed by atoms with Gasteiger partial charge in [0.1, 0.15) is 11.4 Å². The fourth-order valence-electron chi connectivity index (χ4n) is 5.11. The highest BCUT2D eigenvalue weighted by Crippen LogP contribution is 2.40. The zero-order chi connectivity index (χ0) is 34.0. The van der Waals surface area contributed by atoms with E-state index in [1.54, 1.807) is 62.6 Å². The third-order valence-electron chi connectivity index (χ3n) is 7.58. The molecule has 0 saturated carbocycles. The van der Waals surface area contributed by atoms with Gasteiger partial charge in [0, 0.05) is 16.7 Å². The van der Waals surface area contributed by atoms with E-state index < -0.39 is 17.7 Å². The largest absolute Gasteiger partial charge is 0.497 e. The van der Waals surface area contributed by atoms with Crippen LogP contribution in [0, 0.1) is 0 Å². The summed E-state index contributed by atoms with van der Waals surface area (Å²) in [4.78, 5) is 47.7. The van der Waals surface area contributed by atoms with Crippen LogP contribution in [0.5, 0.6) is 5.75 Å².